The lowest BCUT2D eigenvalue weighted by Gasteiger charge is -2.12. The van der Waals surface area contributed by atoms with Crippen molar-refractivity contribution in [3.63, 3.8) is 0 Å². The largest absolute Gasteiger partial charge is 0.207 e. The molecule has 0 aliphatic rings. The van der Waals surface area contributed by atoms with Gasteiger partial charge >= 0.3 is 0 Å². The van der Waals surface area contributed by atoms with Crippen LogP contribution in [0.1, 0.15) is 16.0 Å². The van der Waals surface area contributed by atoms with Crippen molar-refractivity contribution >= 4 is 27.5 Å². The van der Waals surface area contributed by atoms with E-state index in [9.17, 15) is 8.78 Å². The zero-order valence-corrected chi connectivity index (χ0v) is 11.7. The average Bonchev–Trinajstić information content (AvgIpc) is 2.34. The van der Waals surface area contributed by atoms with Crippen molar-refractivity contribution in [1.29, 1.82) is 0 Å². The molecule has 2 rings (SSSR count). The maximum absolute atomic E-state index is 13.5. The zero-order chi connectivity index (χ0) is 13.1. The molecule has 0 aliphatic carbocycles. The van der Waals surface area contributed by atoms with Crippen molar-refractivity contribution < 1.29 is 8.78 Å². The Hall–Kier alpha value is -0.930. The summed E-state index contributed by atoms with van der Waals surface area (Å²) in [5, 5.41) is 0.603. The molecule has 0 aromatic heterocycles. The zero-order valence-electron chi connectivity index (χ0n) is 9.34. The number of rotatable bonds is 3. The van der Waals surface area contributed by atoms with Gasteiger partial charge < -0.3 is 0 Å². The van der Waals surface area contributed by atoms with Gasteiger partial charge in [0, 0.05) is 15.4 Å². The molecule has 4 heteroatoms. The van der Waals surface area contributed by atoms with Crippen LogP contribution in [0.5, 0.6) is 0 Å². The van der Waals surface area contributed by atoms with Gasteiger partial charge in [-0.15, -0.1) is 0 Å². The van der Waals surface area contributed by atoms with Crippen LogP contribution in [-0.2, 0) is 6.42 Å². The molecule has 1 unspecified atom stereocenters. The minimum atomic E-state index is -0.526. The van der Waals surface area contributed by atoms with E-state index >= 15 is 0 Å². The number of halogens is 4. The van der Waals surface area contributed by atoms with E-state index in [2.05, 4.69) is 15.9 Å². The highest BCUT2D eigenvalue weighted by Gasteiger charge is 2.15. The summed E-state index contributed by atoms with van der Waals surface area (Å²) < 4.78 is 27.0. The predicted molar refractivity (Wildman–Crippen MR) is 73.2 cm³/mol. The lowest BCUT2D eigenvalue weighted by atomic mass is 10.0. The quantitative estimate of drug-likeness (QED) is 0.670. The maximum atomic E-state index is 13.5. The Morgan fingerprint density at radius 1 is 1.06 bits per heavy atom. The van der Waals surface area contributed by atoms with E-state index in [4.69, 9.17) is 11.6 Å². The molecule has 0 saturated carbocycles. The molecule has 0 heterocycles. The van der Waals surface area contributed by atoms with Gasteiger partial charge in [-0.1, -0.05) is 45.7 Å². The van der Waals surface area contributed by atoms with Gasteiger partial charge in [-0.3, -0.25) is 0 Å². The molecule has 2 aromatic carbocycles. The third-order valence-electron chi connectivity index (χ3n) is 2.66. The summed E-state index contributed by atoms with van der Waals surface area (Å²) in [5.41, 5.74) is 0.976. The highest BCUT2D eigenvalue weighted by Crippen LogP contribution is 2.30. The summed E-state index contributed by atoms with van der Waals surface area (Å²) >= 11 is 9.32. The van der Waals surface area contributed by atoms with Gasteiger partial charge in [-0.2, -0.15) is 0 Å². The highest BCUT2D eigenvalue weighted by molar-refractivity contribution is 9.09. The van der Waals surface area contributed by atoms with E-state index < -0.39 is 11.6 Å². The van der Waals surface area contributed by atoms with E-state index in [1.165, 1.54) is 18.2 Å². The fraction of sp³-hybridized carbons (Fsp3) is 0.143. The second-order valence-electron chi connectivity index (χ2n) is 3.93. The Kier molecular flexibility index (Phi) is 4.36. The molecule has 0 bridgehead atoms. The summed E-state index contributed by atoms with van der Waals surface area (Å²) in [7, 11) is 0. The fourth-order valence-corrected chi connectivity index (χ4v) is 2.53. The molecule has 0 fully saturated rings. The van der Waals surface area contributed by atoms with Crippen molar-refractivity contribution in [1.82, 2.24) is 0 Å². The average molecular weight is 332 g/mol. The molecular weight excluding hydrogens is 322 g/mol. The first-order valence-electron chi connectivity index (χ1n) is 5.40. The normalized spacial score (nSPS) is 12.4. The van der Waals surface area contributed by atoms with Crippen molar-refractivity contribution in [2.24, 2.45) is 0 Å². The van der Waals surface area contributed by atoms with Crippen LogP contribution < -0.4 is 0 Å². The Morgan fingerprint density at radius 3 is 2.28 bits per heavy atom. The number of benzene rings is 2. The summed E-state index contributed by atoms with van der Waals surface area (Å²) in [4.78, 5) is -0.178. The first kappa shape index (κ1) is 13.5. The van der Waals surface area contributed by atoms with Crippen LogP contribution in [0.2, 0.25) is 5.02 Å². The lowest BCUT2D eigenvalue weighted by molar-refractivity contribution is 0.554. The van der Waals surface area contributed by atoms with Crippen LogP contribution in [0.25, 0.3) is 0 Å². The topological polar surface area (TPSA) is 0 Å². The van der Waals surface area contributed by atoms with E-state index in [-0.39, 0.29) is 16.8 Å². The standard InChI is InChI=1S/C14H10BrClF2/c15-12(9-3-1-4-10(16)7-9)8-11-13(17)5-2-6-14(11)18/h1-7,12H,8H2. The number of hydrogen-bond donors (Lipinski definition) is 0. The summed E-state index contributed by atoms with van der Waals surface area (Å²) in [6.45, 7) is 0. The minimum Gasteiger partial charge on any atom is -0.207 e. The lowest BCUT2D eigenvalue weighted by Crippen LogP contribution is -2.01. The van der Waals surface area contributed by atoms with Crippen LogP contribution in [0.3, 0.4) is 0 Å². The van der Waals surface area contributed by atoms with Gasteiger partial charge in [-0.05, 0) is 36.2 Å². The Bertz CT molecular complexity index is 537. The fourth-order valence-electron chi connectivity index (χ4n) is 1.73. The molecule has 18 heavy (non-hydrogen) atoms. The molecule has 0 spiro atoms. The van der Waals surface area contributed by atoms with Crippen LogP contribution in [0.15, 0.2) is 42.5 Å². The first-order valence-corrected chi connectivity index (χ1v) is 6.69. The van der Waals surface area contributed by atoms with Gasteiger partial charge in [0.05, 0.1) is 0 Å². The van der Waals surface area contributed by atoms with Crippen LogP contribution in [-0.4, -0.2) is 0 Å². The van der Waals surface area contributed by atoms with Gasteiger partial charge in [0.2, 0.25) is 0 Å². The molecule has 0 saturated heterocycles. The number of hydrogen-bond acceptors (Lipinski definition) is 0. The summed E-state index contributed by atoms with van der Waals surface area (Å²) in [6, 6.07) is 11.1. The Labute approximate surface area is 118 Å². The van der Waals surface area contributed by atoms with Crippen molar-refractivity contribution in [3.8, 4) is 0 Å². The molecular formula is C14H10BrClF2. The summed E-state index contributed by atoms with van der Waals surface area (Å²) in [6.07, 6.45) is 0.235. The van der Waals surface area contributed by atoms with E-state index in [1.54, 1.807) is 12.1 Å². The third-order valence-corrected chi connectivity index (χ3v) is 3.74. The van der Waals surface area contributed by atoms with Gasteiger partial charge in [-0.25, -0.2) is 8.78 Å². The monoisotopic (exact) mass is 330 g/mol. The SMILES string of the molecule is Fc1cccc(F)c1CC(Br)c1cccc(Cl)c1. The molecule has 0 N–H and O–H groups in total. The predicted octanol–water partition coefficient (Wildman–Crippen LogP) is 5.30. The van der Waals surface area contributed by atoms with Crippen molar-refractivity contribution in [3.05, 3.63) is 70.2 Å². The smallest absolute Gasteiger partial charge is 0.129 e. The van der Waals surface area contributed by atoms with Gasteiger partial charge in [0.15, 0.2) is 0 Å². The molecule has 0 amide bonds. The molecule has 1 atom stereocenters. The van der Waals surface area contributed by atoms with E-state index in [0.717, 1.165) is 5.56 Å². The maximum Gasteiger partial charge on any atom is 0.129 e. The molecule has 0 nitrogen and oxygen atoms in total. The highest BCUT2D eigenvalue weighted by atomic mass is 79.9. The molecule has 94 valence electrons. The molecule has 0 radical (unpaired) electrons. The Morgan fingerprint density at radius 2 is 1.67 bits per heavy atom. The Balaban J connectivity index is 2.24. The summed E-state index contributed by atoms with van der Waals surface area (Å²) in [5.74, 6) is -1.05. The van der Waals surface area contributed by atoms with Crippen molar-refractivity contribution in [2.45, 2.75) is 11.2 Å². The third kappa shape index (κ3) is 3.09. The van der Waals surface area contributed by atoms with Crippen LogP contribution in [0.4, 0.5) is 8.78 Å². The second-order valence-corrected chi connectivity index (χ2v) is 5.47. The van der Waals surface area contributed by atoms with Gasteiger partial charge in [0.25, 0.3) is 0 Å². The van der Waals surface area contributed by atoms with E-state index in [0.29, 0.717) is 5.02 Å². The second kappa shape index (κ2) is 5.81. The first-order chi connectivity index (χ1) is 8.58. The minimum absolute atomic E-state index is 0.0827. The molecule has 2 aromatic rings. The van der Waals surface area contributed by atoms with E-state index in [1.807, 2.05) is 12.1 Å². The van der Waals surface area contributed by atoms with Crippen molar-refractivity contribution in [2.75, 3.05) is 0 Å². The van der Waals surface area contributed by atoms with Gasteiger partial charge in [0.1, 0.15) is 11.6 Å². The van der Waals surface area contributed by atoms with Crippen LogP contribution in [0, 0.1) is 11.6 Å². The van der Waals surface area contributed by atoms with Crippen LogP contribution >= 0.6 is 27.5 Å². The molecule has 0 aliphatic heterocycles. The number of alkyl halides is 1.